The zero-order chi connectivity index (χ0) is 22.0. The van der Waals surface area contributed by atoms with Crippen molar-refractivity contribution in [2.45, 2.75) is 59.3 Å². The number of hydrazone groups is 1. The van der Waals surface area contributed by atoms with Crippen molar-refractivity contribution in [1.29, 1.82) is 0 Å². The second-order valence-corrected chi connectivity index (χ2v) is 6.59. The molecule has 9 heteroatoms. The van der Waals surface area contributed by atoms with Crippen molar-refractivity contribution in [3.05, 3.63) is 34.4 Å². The molecular weight excluding hydrogens is 378 g/mol. The van der Waals surface area contributed by atoms with E-state index in [9.17, 15) is 24.5 Å². The maximum atomic E-state index is 11.8. The van der Waals surface area contributed by atoms with Crippen molar-refractivity contribution in [2.24, 2.45) is 11.0 Å². The number of carboxylic acid groups (broad SMARTS) is 1. The van der Waals surface area contributed by atoms with Gasteiger partial charge in [-0.25, -0.2) is 5.01 Å². The molecule has 1 aliphatic heterocycles. The van der Waals surface area contributed by atoms with Crippen molar-refractivity contribution >= 4 is 34.7 Å². The van der Waals surface area contributed by atoms with E-state index < -0.39 is 16.8 Å². The number of hydrogen-bond acceptors (Lipinski definition) is 6. The third-order valence-corrected chi connectivity index (χ3v) is 4.27. The summed E-state index contributed by atoms with van der Waals surface area (Å²) in [5.74, 6) is -2.02. The standard InChI is InChI=1S/C12H13N3O3.C8H14O3/c1-2-3-9-8-12(16)14(13-9)10-4-6-11(7-5-10)15(17)18;1-3-5-7(9)6(4-2)8(10)11/h4-7H,2-3,8H2,1H3;6H,3-5H2,1-2H3,(H,10,11). The van der Waals surface area contributed by atoms with Crippen LogP contribution in [-0.4, -0.2) is 33.4 Å². The van der Waals surface area contributed by atoms with Crippen molar-refractivity contribution in [2.75, 3.05) is 5.01 Å². The summed E-state index contributed by atoms with van der Waals surface area (Å²) < 4.78 is 0. The summed E-state index contributed by atoms with van der Waals surface area (Å²) in [6, 6.07) is 5.81. The van der Waals surface area contributed by atoms with Crippen LogP contribution in [0, 0.1) is 16.0 Å². The molecule has 0 spiro atoms. The topological polar surface area (TPSA) is 130 Å². The van der Waals surface area contributed by atoms with E-state index in [1.165, 1.54) is 29.3 Å². The van der Waals surface area contributed by atoms with E-state index in [0.717, 1.165) is 25.0 Å². The minimum absolute atomic E-state index is 0.00292. The number of rotatable bonds is 9. The van der Waals surface area contributed by atoms with Gasteiger partial charge >= 0.3 is 5.97 Å². The lowest BCUT2D eigenvalue weighted by molar-refractivity contribution is -0.384. The summed E-state index contributed by atoms with van der Waals surface area (Å²) in [5.41, 5.74) is 1.43. The molecule has 9 nitrogen and oxygen atoms in total. The SMILES string of the molecule is CCCC(=O)C(CC)C(=O)O.CCCC1=NN(c2ccc([N+](=O)[O-])cc2)C(=O)C1. The second-order valence-electron chi connectivity index (χ2n) is 6.59. The van der Waals surface area contributed by atoms with E-state index in [1.54, 1.807) is 6.92 Å². The number of ketones is 1. The lowest BCUT2D eigenvalue weighted by Gasteiger charge is -2.10. The van der Waals surface area contributed by atoms with Crippen molar-refractivity contribution in [3.63, 3.8) is 0 Å². The van der Waals surface area contributed by atoms with Gasteiger partial charge in [0.1, 0.15) is 11.7 Å². The number of nitro benzene ring substituents is 1. The van der Waals surface area contributed by atoms with Gasteiger partial charge in [0.05, 0.1) is 17.0 Å². The molecule has 1 heterocycles. The van der Waals surface area contributed by atoms with Gasteiger partial charge in [0.15, 0.2) is 0 Å². The maximum Gasteiger partial charge on any atom is 0.314 e. The fourth-order valence-corrected chi connectivity index (χ4v) is 2.79. The number of anilines is 1. The van der Waals surface area contributed by atoms with Crippen LogP contribution in [0.1, 0.15) is 59.3 Å². The Morgan fingerprint density at radius 2 is 1.83 bits per heavy atom. The predicted molar refractivity (Wildman–Crippen MR) is 109 cm³/mol. The lowest BCUT2D eigenvalue weighted by Crippen LogP contribution is -2.22. The Morgan fingerprint density at radius 1 is 1.21 bits per heavy atom. The number of benzene rings is 1. The average molecular weight is 405 g/mol. The number of nitro groups is 1. The average Bonchev–Trinajstić information content (AvgIpc) is 3.03. The molecule has 1 amide bonds. The molecule has 0 saturated heterocycles. The van der Waals surface area contributed by atoms with Crippen LogP contribution in [-0.2, 0) is 14.4 Å². The molecular formula is C20H27N3O6. The highest BCUT2D eigenvalue weighted by Crippen LogP contribution is 2.24. The monoisotopic (exact) mass is 405 g/mol. The van der Waals surface area contributed by atoms with E-state index in [2.05, 4.69) is 5.10 Å². The first kappa shape index (κ1) is 23.9. The van der Waals surface area contributed by atoms with Gasteiger partial charge in [0.2, 0.25) is 0 Å². The highest BCUT2D eigenvalue weighted by Gasteiger charge is 2.25. The number of carbonyl (C=O) groups excluding carboxylic acids is 2. The van der Waals surface area contributed by atoms with E-state index in [1.807, 2.05) is 13.8 Å². The van der Waals surface area contributed by atoms with Gasteiger partial charge in [-0.05, 0) is 31.4 Å². The first-order chi connectivity index (χ1) is 13.7. The van der Waals surface area contributed by atoms with Crippen molar-refractivity contribution in [1.82, 2.24) is 0 Å². The number of hydrogen-bond donors (Lipinski definition) is 1. The summed E-state index contributed by atoms with van der Waals surface area (Å²) in [4.78, 5) is 43.3. The van der Waals surface area contributed by atoms with Gasteiger partial charge in [-0.15, -0.1) is 0 Å². The Hall–Kier alpha value is -3.10. The molecule has 0 radical (unpaired) electrons. The molecule has 1 aromatic rings. The molecule has 29 heavy (non-hydrogen) atoms. The maximum absolute atomic E-state index is 11.8. The minimum atomic E-state index is -0.994. The van der Waals surface area contributed by atoms with Crippen LogP contribution in [0.2, 0.25) is 0 Å². The highest BCUT2D eigenvalue weighted by atomic mass is 16.6. The molecule has 1 unspecified atom stereocenters. The van der Waals surface area contributed by atoms with Crippen molar-refractivity contribution in [3.8, 4) is 0 Å². The molecule has 0 fully saturated rings. The second kappa shape index (κ2) is 11.7. The normalized spacial score (nSPS) is 14.0. The molecule has 0 aromatic heterocycles. The molecule has 0 aliphatic carbocycles. The predicted octanol–water partition coefficient (Wildman–Crippen LogP) is 3.95. The summed E-state index contributed by atoms with van der Waals surface area (Å²) >= 11 is 0. The van der Waals surface area contributed by atoms with E-state index in [-0.39, 0.29) is 17.4 Å². The van der Waals surface area contributed by atoms with Crippen molar-refractivity contribution < 1.29 is 24.4 Å². The Balaban J connectivity index is 0.000000331. The number of carbonyl (C=O) groups is 3. The number of amides is 1. The minimum Gasteiger partial charge on any atom is -0.481 e. The molecule has 158 valence electrons. The molecule has 2 rings (SSSR count). The zero-order valence-electron chi connectivity index (χ0n) is 17.0. The largest absolute Gasteiger partial charge is 0.481 e. The Kier molecular flexibility index (Phi) is 9.64. The number of aliphatic carboxylic acids is 1. The summed E-state index contributed by atoms with van der Waals surface area (Å²) in [7, 11) is 0. The quantitative estimate of drug-likeness (QED) is 0.376. The van der Waals surface area contributed by atoms with Gasteiger partial charge < -0.3 is 5.11 Å². The van der Waals surface area contributed by atoms with E-state index in [0.29, 0.717) is 24.9 Å². The summed E-state index contributed by atoms with van der Waals surface area (Å²) in [5, 5.41) is 24.6. The summed E-state index contributed by atoms with van der Waals surface area (Å²) in [6.45, 7) is 5.61. The number of carboxylic acids is 1. The first-order valence-corrected chi connectivity index (χ1v) is 9.64. The van der Waals surface area contributed by atoms with Gasteiger partial charge in [-0.2, -0.15) is 5.10 Å². The molecule has 0 saturated carbocycles. The fourth-order valence-electron chi connectivity index (χ4n) is 2.79. The Labute approximate surface area is 169 Å². The van der Waals surface area contributed by atoms with Crippen LogP contribution < -0.4 is 5.01 Å². The zero-order valence-corrected chi connectivity index (χ0v) is 17.0. The fraction of sp³-hybridized carbons (Fsp3) is 0.500. The van der Waals surface area contributed by atoms with Gasteiger partial charge in [-0.1, -0.05) is 27.2 Å². The first-order valence-electron chi connectivity index (χ1n) is 9.64. The van der Waals surface area contributed by atoms with Crippen LogP contribution in [0.5, 0.6) is 0 Å². The lowest BCUT2D eigenvalue weighted by atomic mass is 9.98. The van der Waals surface area contributed by atoms with Crippen LogP contribution in [0.4, 0.5) is 11.4 Å². The van der Waals surface area contributed by atoms with E-state index in [4.69, 9.17) is 5.11 Å². The molecule has 0 bridgehead atoms. The van der Waals surface area contributed by atoms with E-state index >= 15 is 0 Å². The Morgan fingerprint density at radius 3 is 2.28 bits per heavy atom. The molecule has 1 atom stereocenters. The Bertz CT molecular complexity index is 773. The summed E-state index contributed by atoms with van der Waals surface area (Å²) in [6.07, 6.45) is 3.59. The van der Waals surface area contributed by atoms with Gasteiger partial charge in [-0.3, -0.25) is 24.5 Å². The third-order valence-electron chi connectivity index (χ3n) is 4.27. The molecule has 1 aromatic carbocycles. The van der Waals surface area contributed by atoms with Crippen LogP contribution in [0.3, 0.4) is 0 Å². The van der Waals surface area contributed by atoms with Crippen LogP contribution >= 0.6 is 0 Å². The highest BCUT2D eigenvalue weighted by molar-refractivity contribution is 6.12. The van der Waals surface area contributed by atoms with Crippen LogP contribution in [0.15, 0.2) is 29.4 Å². The number of non-ortho nitro benzene ring substituents is 1. The third kappa shape index (κ3) is 7.10. The molecule has 1 aliphatic rings. The number of Topliss-reactive ketones (excluding diaryl/α,β-unsaturated/α-hetero) is 1. The molecule has 1 N–H and O–H groups in total. The van der Waals surface area contributed by atoms with Gasteiger partial charge in [0, 0.05) is 24.3 Å². The van der Waals surface area contributed by atoms with Crippen LogP contribution in [0.25, 0.3) is 0 Å². The smallest absolute Gasteiger partial charge is 0.314 e. The van der Waals surface area contributed by atoms with Gasteiger partial charge in [0.25, 0.3) is 11.6 Å². The number of nitrogens with zero attached hydrogens (tertiary/aromatic N) is 3.